The second-order valence-corrected chi connectivity index (χ2v) is 12.2. The molecular formula is C33H44N8O9. The lowest BCUT2D eigenvalue weighted by molar-refractivity contribution is -0.140. The minimum atomic E-state index is -1.21. The summed E-state index contributed by atoms with van der Waals surface area (Å²) in [6.07, 6.45) is 2.98. The molecule has 1 saturated carbocycles. The first-order chi connectivity index (χ1) is 24.2. The number of hydrogen-bond donors (Lipinski definition) is 3. The zero-order valence-electron chi connectivity index (χ0n) is 28.3. The number of likely N-dealkylation sites (tertiary alicyclic amines) is 1. The van der Waals surface area contributed by atoms with Crippen LogP contribution in [-0.4, -0.2) is 138 Å². The molecule has 2 aliphatic heterocycles. The number of ether oxygens (including phenoxy) is 3. The maximum absolute atomic E-state index is 13.6. The Bertz CT molecular complexity index is 1540. The van der Waals surface area contributed by atoms with E-state index in [1.165, 1.54) is 32.6 Å². The van der Waals surface area contributed by atoms with Crippen LogP contribution >= 0.6 is 0 Å². The predicted octanol–water partition coefficient (Wildman–Crippen LogP) is 0.666. The third kappa shape index (κ3) is 8.81. The van der Waals surface area contributed by atoms with Crippen molar-refractivity contribution in [3.63, 3.8) is 0 Å². The monoisotopic (exact) mass is 696 g/mol. The summed E-state index contributed by atoms with van der Waals surface area (Å²) in [6.45, 7) is 2.55. The molecule has 2 atom stereocenters. The van der Waals surface area contributed by atoms with Gasteiger partial charge in [-0.3, -0.25) is 19.2 Å². The Labute approximate surface area is 289 Å². The molecule has 1 aromatic carbocycles. The van der Waals surface area contributed by atoms with E-state index in [-0.39, 0.29) is 68.8 Å². The van der Waals surface area contributed by atoms with Gasteiger partial charge in [-0.25, -0.2) is 14.3 Å². The van der Waals surface area contributed by atoms with Gasteiger partial charge in [0.2, 0.25) is 17.7 Å². The number of nitrogens with zero attached hydrogens (tertiary/aromatic N) is 5. The van der Waals surface area contributed by atoms with E-state index in [1.807, 2.05) is 6.07 Å². The molecule has 0 bridgehead atoms. The van der Waals surface area contributed by atoms with Gasteiger partial charge >= 0.3 is 12.2 Å². The highest BCUT2D eigenvalue weighted by Crippen LogP contribution is 2.23. The van der Waals surface area contributed by atoms with Gasteiger partial charge in [-0.1, -0.05) is 18.2 Å². The van der Waals surface area contributed by atoms with Gasteiger partial charge < -0.3 is 44.9 Å². The van der Waals surface area contributed by atoms with E-state index < -0.39 is 42.7 Å². The van der Waals surface area contributed by atoms with E-state index >= 15 is 0 Å². The quantitative estimate of drug-likeness (QED) is 0.284. The van der Waals surface area contributed by atoms with Crippen LogP contribution in [0.15, 0.2) is 36.4 Å². The number of hydrogen-bond acceptors (Lipinski definition) is 10. The number of methoxy groups -OCH3 is 1. The van der Waals surface area contributed by atoms with E-state index in [0.717, 1.165) is 19.3 Å². The normalized spacial score (nSPS) is 18.0. The summed E-state index contributed by atoms with van der Waals surface area (Å²) in [7, 11) is 1.18. The van der Waals surface area contributed by atoms with E-state index in [9.17, 15) is 28.8 Å². The second-order valence-electron chi connectivity index (χ2n) is 12.2. The first kappa shape index (κ1) is 35.9. The summed E-state index contributed by atoms with van der Waals surface area (Å²) in [4.78, 5) is 81.9. The summed E-state index contributed by atoms with van der Waals surface area (Å²) in [6, 6.07) is 8.59. The Balaban J connectivity index is 1.28. The minimum Gasteiger partial charge on any atom is -0.467 e. The van der Waals surface area contributed by atoms with Gasteiger partial charge in [-0.05, 0) is 51.2 Å². The third-order valence-electron chi connectivity index (χ3n) is 8.94. The number of carbonyl (C=O) groups excluding carboxylic acids is 6. The average molecular weight is 697 g/mol. The highest BCUT2D eigenvalue weighted by molar-refractivity contribution is 5.97. The number of carbonyl (C=O) groups is 6. The van der Waals surface area contributed by atoms with Crippen LogP contribution in [0.1, 0.15) is 49.5 Å². The van der Waals surface area contributed by atoms with Crippen LogP contribution in [0, 0.1) is 0 Å². The molecule has 50 heavy (non-hydrogen) atoms. The number of amides is 6. The number of aromatic nitrogens is 2. The van der Waals surface area contributed by atoms with Crippen molar-refractivity contribution >= 4 is 35.8 Å². The fraction of sp³-hybridized carbons (Fsp3) is 0.545. The zero-order chi connectivity index (χ0) is 35.6. The van der Waals surface area contributed by atoms with Gasteiger partial charge in [0.05, 0.1) is 25.9 Å². The molecule has 2 saturated heterocycles. The van der Waals surface area contributed by atoms with Crippen molar-refractivity contribution in [3.8, 4) is 11.6 Å². The van der Waals surface area contributed by atoms with Crippen molar-refractivity contribution in [2.24, 2.45) is 0 Å². The molecule has 3 heterocycles. The SMILES string of the molecule is CCOC(=O)N1CCN(C(=O)[C@H](CNC(=O)OC)NC(=O)c2cc(OCC(=O)N3CCC[C@H]3C(=O)NC3CCC3)n(-c3ccccc3)n2)CC1. The molecular weight excluding hydrogens is 652 g/mol. The largest absolute Gasteiger partial charge is 0.467 e. The number of piperazine rings is 1. The number of benzene rings is 1. The molecule has 1 aromatic heterocycles. The highest BCUT2D eigenvalue weighted by Gasteiger charge is 2.36. The lowest BCUT2D eigenvalue weighted by atomic mass is 9.93. The standard InChI is InChI=1S/C33H44N8O9/c1-3-49-33(47)39-17-15-38(16-18-39)31(45)25(20-34-32(46)48-2)36-29(43)24-19-28(41(37-24)23-11-5-4-6-12-23)50-21-27(42)40-14-8-13-26(40)30(44)35-22-9-7-10-22/h4-6,11-12,19,22,25-26H,3,7-10,13-18,20-21H2,1-2H3,(H,34,46)(H,35,44)(H,36,43)/t25-,26-/m0/s1. The van der Waals surface area contributed by atoms with Crippen molar-refractivity contribution in [2.75, 3.05) is 59.6 Å². The lowest BCUT2D eigenvalue weighted by Gasteiger charge is -2.35. The predicted molar refractivity (Wildman–Crippen MR) is 176 cm³/mol. The fourth-order valence-electron chi connectivity index (χ4n) is 5.97. The molecule has 5 rings (SSSR count). The van der Waals surface area contributed by atoms with Crippen LogP contribution in [0.4, 0.5) is 9.59 Å². The van der Waals surface area contributed by atoms with E-state index in [0.29, 0.717) is 25.1 Å². The van der Waals surface area contributed by atoms with E-state index in [4.69, 9.17) is 9.47 Å². The zero-order valence-corrected chi connectivity index (χ0v) is 28.3. The molecule has 0 spiro atoms. The molecule has 2 aromatic rings. The molecule has 0 radical (unpaired) electrons. The van der Waals surface area contributed by atoms with Gasteiger partial charge in [-0.15, -0.1) is 0 Å². The molecule has 17 heteroatoms. The van der Waals surface area contributed by atoms with Crippen LogP contribution in [0.25, 0.3) is 5.69 Å². The van der Waals surface area contributed by atoms with Gasteiger partial charge in [-0.2, -0.15) is 5.10 Å². The lowest BCUT2D eigenvalue weighted by Crippen LogP contribution is -2.58. The van der Waals surface area contributed by atoms with Crippen molar-refractivity contribution in [3.05, 3.63) is 42.1 Å². The topological polar surface area (TPSA) is 194 Å². The molecule has 270 valence electrons. The van der Waals surface area contributed by atoms with Gasteiger partial charge in [0.1, 0.15) is 12.1 Å². The number of para-hydroxylation sites is 1. The van der Waals surface area contributed by atoms with Crippen LogP contribution in [0.2, 0.25) is 0 Å². The summed E-state index contributed by atoms with van der Waals surface area (Å²) in [5.74, 6) is -1.65. The third-order valence-corrected chi connectivity index (χ3v) is 8.94. The summed E-state index contributed by atoms with van der Waals surface area (Å²) in [5.41, 5.74) is 0.436. The molecule has 3 aliphatic rings. The maximum atomic E-state index is 13.6. The molecule has 0 unspecified atom stereocenters. The number of alkyl carbamates (subject to hydrolysis) is 1. The summed E-state index contributed by atoms with van der Waals surface area (Å²) in [5, 5.41) is 12.6. The van der Waals surface area contributed by atoms with E-state index in [1.54, 1.807) is 31.2 Å². The molecule has 6 amide bonds. The highest BCUT2D eigenvalue weighted by atomic mass is 16.6. The Kier molecular flexibility index (Phi) is 12.1. The average Bonchev–Trinajstić information content (AvgIpc) is 3.79. The number of rotatable bonds is 12. The van der Waals surface area contributed by atoms with Crippen molar-refractivity contribution in [1.29, 1.82) is 0 Å². The summed E-state index contributed by atoms with van der Waals surface area (Å²) >= 11 is 0. The second kappa shape index (κ2) is 16.8. The Morgan fingerprint density at radius 1 is 0.940 bits per heavy atom. The van der Waals surface area contributed by atoms with Crippen LogP contribution in [-0.2, 0) is 23.9 Å². The Hall–Kier alpha value is -5.35. The first-order valence-corrected chi connectivity index (χ1v) is 16.9. The molecule has 3 N–H and O–H groups in total. The minimum absolute atomic E-state index is 0.0926. The van der Waals surface area contributed by atoms with Gasteiger partial charge in [0, 0.05) is 44.8 Å². The fourth-order valence-corrected chi connectivity index (χ4v) is 5.97. The Morgan fingerprint density at radius 3 is 2.32 bits per heavy atom. The van der Waals surface area contributed by atoms with Crippen molar-refractivity contribution in [1.82, 2.24) is 40.4 Å². The van der Waals surface area contributed by atoms with Crippen LogP contribution in [0.5, 0.6) is 5.88 Å². The summed E-state index contributed by atoms with van der Waals surface area (Å²) < 4.78 is 17.0. The van der Waals surface area contributed by atoms with E-state index in [2.05, 4.69) is 25.8 Å². The smallest absolute Gasteiger partial charge is 0.409 e. The van der Waals surface area contributed by atoms with Crippen LogP contribution in [0.3, 0.4) is 0 Å². The van der Waals surface area contributed by atoms with Gasteiger partial charge in [0.15, 0.2) is 12.3 Å². The molecule has 1 aliphatic carbocycles. The molecule has 17 nitrogen and oxygen atoms in total. The first-order valence-electron chi connectivity index (χ1n) is 16.9. The number of nitrogens with one attached hydrogen (secondary N) is 3. The maximum Gasteiger partial charge on any atom is 0.409 e. The van der Waals surface area contributed by atoms with Crippen molar-refractivity contribution in [2.45, 2.75) is 57.2 Å². The molecule has 3 fully saturated rings. The van der Waals surface area contributed by atoms with Crippen LogP contribution < -0.4 is 20.7 Å². The van der Waals surface area contributed by atoms with Gasteiger partial charge in [0.25, 0.3) is 11.8 Å². The Morgan fingerprint density at radius 2 is 1.66 bits per heavy atom. The van der Waals surface area contributed by atoms with Crippen molar-refractivity contribution < 1.29 is 43.0 Å².